The number of ether oxygens (including phenoxy) is 2. The Hall–Kier alpha value is -0.610. The summed E-state index contributed by atoms with van der Waals surface area (Å²) in [4.78, 5) is 14.0. The van der Waals surface area contributed by atoms with Crippen LogP contribution < -0.4 is 0 Å². The van der Waals surface area contributed by atoms with E-state index in [9.17, 15) is 4.79 Å². The molecular weight excluding hydrogens is 254 g/mol. The number of nitrogens with zero attached hydrogens (tertiary/aromatic N) is 1. The summed E-state index contributed by atoms with van der Waals surface area (Å²) in [6.07, 6.45) is 5.00. The van der Waals surface area contributed by atoms with Crippen molar-refractivity contribution >= 4 is 5.91 Å². The molecule has 1 amide bonds. The van der Waals surface area contributed by atoms with Crippen molar-refractivity contribution in [2.75, 3.05) is 33.4 Å². The molecule has 0 N–H and O–H groups in total. The zero-order valence-electron chi connectivity index (χ0n) is 13.2. The average Bonchev–Trinajstić information content (AvgIpc) is 2.40. The van der Waals surface area contributed by atoms with Crippen LogP contribution in [-0.4, -0.2) is 49.8 Å². The van der Waals surface area contributed by atoms with E-state index in [-0.39, 0.29) is 5.60 Å². The van der Waals surface area contributed by atoms with Gasteiger partial charge in [-0.3, -0.25) is 4.79 Å². The molecule has 4 heteroatoms. The molecule has 1 spiro atoms. The molecular formula is C16H29NO3. The summed E-state index contributed by atoms with van der Waals surface area (Å²) in [5, 5.41) is 0. The minimum atomic E-state index is -0.0376. The summed E-state index contributed by atoms with van der Waals surface area (Å²) < 4.78 is 11.2. The third-order valence-electron chi connectivity index (χ3n) is 4.57. The van der Waals surface area contributed by atoms with Gasteiger partial charge in [0.25, 0.3) is 0 Å². The monoisotopic (exact) mass is 283 g/mol. The lowest BCUT2D eigenvalue weighted by Crippen LogP contribution is -2.66. The SMILES string of the molecule is COCC[C@@H]1CCOC2(C1)CN(C(=O)CCC(C)C)C2. The molecule has 0 saturated carbocycles. The third kappa shape index (κ3) is 3.95. The van der Waals surface area contributed by atoms with Crippen molar-refractivity contribution in [3.8, 4) is 0 Å². The highest BCUT2D eigenvalue weighted by atomic mass is 16.5. The van der Waals surface area contributed by atoms with Crippen LogP contribution in [0.5, 0.6) is 0 Å². The molecule has 0 aromatic rings. The molecule has 0 aromatic carbocycles. The van der Waals surface area contributed by atoms with Crippen LogP contribution in [0.4, 0.5) is 0 Å². The molecule has 2 heterocycles. The molecule has 0 aliphatic carbocycles. The highest BCUT2D eigenvalue weighted by Gasteiger charge is 2.48. The topological polar surface area (TPSA) is 38.8 Å². The van der Waals surface area contributed by atoms with Gasteiger partial charge < -0.3 is 14.4 Å². The van der Waals surface area contributed by atoms with E-state index in [1.54, 1.807) is 7.11 Å². The Labute approximate surface area is 122 Å². The Morgan fingerprint density at radius 1 is 1.45 bits per heavy atom. The molecule has 1 atom stereocenters. The second kappa shape index (κ2) is 6.90. The van der Waals surface area contributed by atoms with Crippen LogP contribution in [0.3, 0.4) is 0 Å². The number of amides is 1. The van der Waals surface area contributed by atoms with Gasteiger partial charge in [-0.1, -0.05) is 13.8 Å². The van der Waals surface area contributed by atoms with Gasteiger partial charge in [0.2, 0.25) is 5.91 Å². The van der Waals surface area contributed by atoms with Crippen LogP contribution in [0, 0.1) is 11.8 Å². The molecule has 116 valence electrons. The molecule has 2 saturated heterocycles. The third-order valence-corrected chi connectivity index (χ3v) is 4.57. The van der Waals surface area contributed by atoms with Crippen molar-refractivity contribution < 1.29 is 14.3 Å². The van der Waals surface area contributed by atoms with Crippen LogP contribution in [-0.2, 0) is 14.3 Å². The zero-order valence-corrected chi connectivity index (χ0v) is 13.2. The van der Waals surface area contributed by atoms with Gasteiger partial charge in [-0.2, -0.15) is 0 Å². The normalized spacial score (nSPS) is 25.0. The summed E-state index contributed by atoms with van der Waals surface area (Å²) in [6.45, 7) is 7.59. The Morgan fingerprint density at radius 2 is 2.20 bits per heavy atom. The van der Waals surface area contributed by atoms with Crippen LogP contribution in [0.15, 0.2) is 0 Å². The van der Waals surface area contributed by atoms with E-state index in [4.69, 9.17) is 9.47 Å². The van der Waals surface area contributed by atoms with Gasteiger partial charge in [-0.15, -0.1) is 0 Å². The van der Waals surface area contributed by atoms with Gasteiger partial charge in [-0.25, -0.2) is 0 Å². The first-order valence-electron chi connectivity index (χ1n) is 7.95. The van der Waals surface area contributed by atoms with Gasteiger partial charge in [0.15, 0.2) is 0 Å². The second-order valence-electron chi connectivity index (χ2n) is 6.85. The molecule has 2 aliphatic heterocycles. The van der Waals surface area contributed by atoms with Gasteiger partial charge in [-0.05, 0) is 37.5 Å². The van der Waals surface area contributed by atoms with Crippen molar-refractivity contribution in [2.45, 2.75) is 51.6 Å². The maximum atomic E-state index is 12.1. The maximum Gasteiger partial charge on any atom is 0.222 e. The minimum absolute atomic E-state index is 0.0376. The van der Waals surface area contributed by atoms with E-state index < -0.39 is 0 Å². The average molecular weight is 283 g/mol. The van der Waals surface area contributed by atoms with Crippen molar-refractivity contribution in [3.05, 3.63) is 0 Å². The Morgan fingerprint density at radius 3 is 2.85 bits per heavy atom. The number of hydrogen-bond acceptors (Lipinski definition) is 3. The molecule has 0 bridgehead atoms. The molecule has 2 aliphatic rings. The fourth-order valence-electron chi connectivity index (χ4n) is 3.28. The van der Waals surface area contributed by atoms with E-state index >= 15 is 0 Å². The fraction of sp³-hybridized carbons (Fsp3) is 0.938. The van der Waals surface area contributed by atoms with Crippen LogP contribution in [0.2, 0.25) is 0 Å². The van der Waals surface area contributed by atoms with Crippen molar-refractivity contribution in [1.82, 2.24) is 4.90 Å². The van der Waals surface area contributed by atoms with E-state index in [0.29, 0.717) is 24.2 Å². The first kappa shape index (κ1) is 15.8. The Balaban J connectivity index is 1.74. The molecule has 0 unspecified atom stereocenters. The zero-order chi connectivity index (χ0) is 14.6. The second-order valence-corrected chi connectivity index (χ2v) is 6.85. The summed E-state index contributed by atoms with van der Waals surface area (Å²) >= 11 is 0. The van der Waals surface area contributed by atoms with Crippen LogP contribution in [0.25, 0.3) is 0 Å². The summed E-state index contributed by atoms with van der Waals surface area (Å²) in [6, 6.07) is 0. The number of rotatable bonds is 6. The van der Waals surface area contributed by atoms with Gasteiger partial charge >= 0.3 is 0 Å². The van der Waals surface area contributed by atoms with Crippen molar-refractivity contribution in [3.63, 3.8) is 0 Å². The number of carbonyl (C=O) groups is 1. The predicted molar refractivity (Wildman–Crippen MR) is 78.6 cm³/mol. The molecule has 0 radical (unpaired) electrons. The highest BCUT2D eigenvalue weighted by Crippen LogP contribution is 2.38. The number of hydrogen-bond donors (Lipinski definition) is 0. The van der Waals surface area contributed by atoms with Crippen molar-refractivity contribution in [2.24, 2.45) is 11.8 Å². The first-order chi connectivity index (χ1) is 9.54. The summed E-state index contributed by atoms with van der Waals surface area (Å²) in [5.74, 6) is 1.59. The van der Waals surface area contributed by atoms with Crippen LogP contribution >= 0.6 is 0 Å². The van der Waals surface area contributed by atoms with E-state index in [2.05, 4.69) is 13.8 Å². The minimum Gasteiger partial charge on any atom is -0.385 e. The molecule has 4 nitrogen and oxygen atoms in total. The molecule has 2 fully saturated rings. The fourth-order valence-corrected chi connectivity index (χ4v) is 3.28. The number of methoxy groups -OCH3 is 1. The lowest BCUT2D eigenvalue weighted by Gasteiger charge is -2.53. The van der Waals surface area contributed by atoms with Gasteiger partial charge in [0, 0.05) is 26.7 Å². The highest BCUT2D eigenvalue weighted by molar-refractivity contribution is 5.77. The first-order valence-corrected chi connectivity index (χ1v) is 7.95. The predicted octanol–water partition coefficient (Wildman–Crippen LogP) is 2.47. The smallest absolute Gasteiger partial charge is 0.222 e. The number of carbonyl (C=O) groups excluding carboxylic acids is 1. The van der Waals surface area contributed by atoms with Gasteiger partial charge in [0.05, 0.1) is 13.1 Å². The summed E-state index contributed by atoms with van der Waals surface area (Å²) in [5.41, 5.74) is -0.0376. The van der Waals surface area contributed by atoms with Crippen LogP contribution in [0.1, 0.15) is 46.0 Å². The lowest BCUT2D eigenvalue weighted by molar-refractivity contribution is -0.189. The molecule has 20 heavy (non-hydrogen) atoms. The standard InChI is InChI=1S/C16H29NO3/c1-13(2)4-5-15(18)17-11-16(12-17)10-14(6-8-19-3)7-9-20-16/h13-14H,4-12H2,1-3H3/t14-/m1/s1. The summed E-state index contributed by atoms with van der Waals surface area (Å²) in [7, 11) is 1.76. The van der Waals surface area contributed by atoms with E-state index in [0.717, 1.165) is 52.0 Å². The van der Waals surface area contributed by atoms with Crippen molar-refractivity contribution in [1.29, 1.82) is 0 Å². The van der Waals surface area contributed by atoms with E-state index in [1.807, 2.05) is 4.90 Å². The number of likely N-dealkylation sites (tertiary alicyclic amines) is 1. The quantitative estimate of drug-likeness (QED) is 0.751. The van der Waals surface area contributed by atoms with Gasteiger partial charge in [0.1, 0.15) is 5.60 Å². The Kier molecular flexibility index (Phi) is 5.44. The lowest BCUT2D eigenvalue weighted by atomic mass is 9.79. The van der Waals surface area contributed by atoms with E-state index in [1.165, 1.54) is 0 Å². The maximum absolute atomic E-state index is 12.1. The Bertz CT molecular complexity index is 324. The molecule has 0 aromatic heterocycles. The molecule has 2 rings (SSSR count). The largest absolute Gasteiger partial charge is 0.385 e.